The molecule has 3 N–H and O–H groups in total. The summed E-state index contributed by atoms with van der Waals surface area (Å²) in [7, 11) is 0. The molecule has 0 spiro atoms. The van der Waals surface area contributed by atoms with Crippen LogP contribution in [0.1, 0.15) is 18.2 Å². The van der Waals surface area contributed by atoms with Crippen LogP contribution in [0.4, 0.5) is 19.1 Å². The lowest BCUT2D eigenvalue weighted by atomic mass is 10.1. The van der Waals surface area contributed by atoms with Gasteiger partial charge >= 0.3 is 6.36 Å². The predicted octanol–water partition coefficient (Wildman–Crippen LogP) is 3.38. The van der Waals surface area contributed by atoms with Crippen LogP contribution in [0.5, 0.6) is 17.2 Å². The van der Waals surface area contributed by atoms with E-state index in [9.17, 15) is 13.2 Å². The number of guanidine groups is 1. The van der Waals surface area contributed by atoms with Crippen LogP contribution in [0.2, 0.25) is 0 Å². The quantitative estimate of drug-likeness (QED) is 0.661. The smallest absolute Gasteiger partial charge is 0.489 e. The third kappa shape index (κ3) is 3.31. The molecule has 30 heavy (non-hydrogen) atoms. The van der Waals surface area contributed by atoms with E-state index in [1.165, 1.54) is 24.3 Å². The maximum absolute atomic E-state index is 12.4. The number of nitrogens with one attached hydrogen (secondary N) is 1. The first-order valence-electron chi connectivity index (χ1n) is 9.15. The van der Waals surface area contributed by atoms with Gasteiger partial charge in [0.05, 0.1) is 24.2 Å². The fourth-order valence-corrected chi connectivity index (χ4v) is 3.49. The second-order valence-corrected chi connectivity index (χ2v) is 6.77. The molecule has 3 heterocycles. The van der Waals surface area contributed by atoms with Crippen molar-refractivity contribution in [2.75, 3.05) is 18.5 Å². The number of rotatable bonds is 2. The lowest BCUT2D eigenvalue weighted by Gasteiger charge is -2.24. The van der Waals surface area contributed by atoms with Crippen molar-refractivity contribution in [3.05, 3.63) is 42.0 Å². The Hall–Kier alpha value is -3.63. The number of benzene rings is 2. The zero-order valence-electron chi connectivity index (χ0n) is 15.4. The number of aromatic nitrogens is 2. The molecule has 0 saturated heterocycles. The Morgan fingerprint density at radius 1 is 1.10 bits per heavy atom. The number of fused-ring (bicyclic) bond motifs is 4. The first-order valence-corrected chi connectivity index (χ1v) is 9.15. The second kappa shape index (κ2) is 6.71. The third-order valence-electron chi connectivity index (χ3n) is 4.72. The van der Waals surface area contributed by atoms with Crippen LogP contribution in [-0.4, -0.2) is 35.1 Å². The summed E-state index contributed by atoms with van der Waals surface area (Å²) in [6.45, 7) is 1.09. The molecule has 2 aliphatic rings. The highest BCUT2D eigenvalue weighted by Gasteiger charge is 2.31. The molecule has 0 fully saturated rings. The predicted molar refractivity (Wildman–Crippen MR) is 102 cm³/mol. The van der Waals surface area contributed by atoms with E-state index in [1.54, 1.807) is 10.6 Å². The van der Waals surface area contributed by atoms with E-state index in [0.29, 0.717) is 41.7 Å². The van der Waals surface area contributed by atoms with Gasteiger partial charge in [-0.15, -0.1) is 13.2 Å². The summed E-state index contributed by atoms with van der Waals surface area (Å²) < 4.78 is 54.6. The van der Waals surface area contributed by atoms with Gasteiger partial charge in [0.15, 0.2) is 23.6 Å². The number of nitrogens with zero attached hydrogens (tertiary/aromatic N) is 3. The lowest BCUT2D eigenvalue weighted by Crippen LogP contribution is -2.31. The molecule has 0 radical (unpaired) electrons. The van der Waals surface area contributed by atoms with Gasteiger partial charge in [0.25, 0.3) is 0 Å². The molecule has 0 amide bonds. The summed E-state index contributed by atoms with van der Waals surface area (Å²) in [5.74, 6) is 1.49. The fourth-order valence-electron chi connectivity index (χ4n) is 3.49. The minimum Gasteiger partial charge on any atom is -0.489 e. The second-order valence-electron chi connectivity index (χ2n) is 6.77. The first kappa shape index (κ1) is 18.4. The maximum atomic E-state index is 12.4. The molecular formula is C19H16F3N5O3. The van der Waals surface area contributed by atoms with Gasteiger partial charge in [0, 0.05) is 18.6 Å². The normalized spacial score (nSPS) is 18.2. The minimum atomic E-state index is -4.76. The van der Waals surface area contributed by atoms with E-state index in [2.05, 4.69) is 20.0 Å². The minimum absolute atomic E-state index is 0.146. The molecule has 2 aliphatic heterocycles. The average Bonchev–Trinajstić information content (AvgIpc) is 2.86. The van der Waals surface area contributed by atoms with Gasteiger partial charge in [0.1, 0.15) is 5.75 Å². The molecule has 0 saturated carbocycles. The van der Waals surface area contributed by atoms with Gasteiger partial charge in [-0.1, -0.05) is 12.1 Å². The van der Waals surface area contributed by atoms with Crippen LogP contribution in [0.25, 0.3) is 11.0 Å². The molecule has 1 aromatic heterocycles. The van der Waals surface area contributed by atoms with Crippen LogP contribution >= 0.6 is 0 Å². The molecule has 8 nitrogen and oxygen atoms in total. The zero-order valence-corrected chi connectivity index (χ0v) is 15.4. The van der Waals surface area contributed by atoms with Crippen LogP contribution in [0, 0.1) is 0 Å². The number of aliphatic imine (C=N–C) groups is 1. The Morgan fingerprint density at radius 3 is 2.50 bits per heavy atom. The van der Waals surface area contributed by atoms with Crippen molar-refractivity contribution in [1.82, 2.24) is 9.55 Å². The summed E-state index contributed by atoms with van der Waals surface area (Å²) in [6, 6.07) is 9.09. The van der Waals surface area contributed by atoms with Crippen LogP contribution in [0.15, 0.2) is 41.4 Å². The highest BCUT2D eigenvalue weighted by atomic mass is 19.4. The van der Waals surface area contributed by atoms with Gasteiger partial charge in [-0.3, -0.25) is 9.88 Å². The van der Waals surface area contributed by atoms with E-state index >= 15 is 0 Å². The van der Waals surface area contributed by atoms with E-state index in [0.717, 1.165) is 11.9 Å². The monoisotopic (exact) mass is 419 g/mol. The van der Waals surface area contributed by atoms with E-state index < -0.39 is 12.5 Å². The Balaban J connectivity index is 1.58. The number of alkyl halides is 3. The van der Waals surface area contributed by atoms with Gasteiger partial charge in [-0.2, -0.15) is 0 Å². The first-order chi connectivity index (χ1) is 14.4. The molecular weight excluding hydrogens is 403 g/mol. The number of imidazole rings is 1. The highest BCUT2D eigenvalue weighted by Crippen LogP contribution is 2.39. The number of anilines is 1. The van der Waals surface area contributed by atoms with Crippen molar-refractivity contribution >= 4 is 22.9 Å². The Bertz CT molecular complexity index is 1140. The Kier molecular flexibility index (Phi) is 4.12. The molecule has 3 aromatic rings. The lowest BCUT2D eigenvalue weighted by molar-refractivity contribution is -0.274. The van der Waals surface area contributed by atoms with Gasteiger partial charge in [0.2, 0.25) is 5.95 Å². The van der Waals surface area contributed by atoms with Gasteiger partial charge in [-0.05, 0) is 17.7 Å². The van der Waals surface area contributed by atoms with E-state index in [4.69, 9.17) is 15.2 Å². The molecule has 0 bridgehead atoms. The number of halogens is 3. The van der Waals surface area contributed by atoms with Crippen molar-refractivity contribution < 1.29 is 27.4 Å². The van der Waals surface area contributed by atoms with Gasteiger partial charge in [-0.25, -0.2) is 9.98 Å². The summed E-state index contributed by atoms with van der Waals surface area (Å²) in [5.41, 5.74) is 7.90. The summed E-state index contributed by atoms with van der Waals surface area (Å²) in [6.07, 6.45) is -4.61. The van der Waals surface area contributed by atoms with E-state index in [1.807, 2.05) is 6.07 Å². The molecule has 5 rings (SSSR count). The topological polar surface area (TPSA) is 95.9 Å². The summed E-state index contributed by atoms with van der Waals surface area (Å²) >= 11 is 0. The van der Waals surface area contributed by atoms with Crippen molar-refractivity contribution in [3.8, 4) is 17.2 Å². The van der Waals surface area contributed by atoms with Crippen molar-refractivity contribution in [3.63, 3.8) is 0 Å². The summed E-state index contributed by atoms with van der Waals surface area (Å²) in [4.78, 5) is 8.99. The summed E-state index contributed by atoms with van der Waals surface area (Å²) in [5, 5.41) is 2.92. The largest absolute Gasteiger partial charge is 0.573 e. The standard InChI is InChI=1S/C19H16F3N5O3/c20-19(21,22)30-11-4-2-10(3-5-11)16-25-17(23)26-18-24-12-8-14-15(9-13(12)27(16)18)29-7-1-6-28-14/h2-5,8-9,16H,1,6-7H2,(H3,23,24,25,26). The average molecular weight is 419 g/mol. The van der Waals surface area contributed by atoms with Crippen molar-refractivity contribution in [2.45, 2.75) is 18.9 Å². The van der Waals surface area contributed by atoms with Crippen LogP contribution in [0.3, 0.4) is 0 Å². The Labute approximate surface area is 168 Å². The SMILES string of the molecule is NC1=NC(c2ccc(OC(F)(F)F)cc2)n2c(nc3cc4c(cc32)OCCCO4)N1. The zero-order chi connectivity index (χ0) is 20.9. The molecule has 1 unspecified atom stereocenters. The third-order valence-corrected chi connectivity index (χ3v) is 4.72. The molecule has 11 heteroatoms. The number of nitrogens with two attached hydrogens (primary N) is 1. The van der Waals surface area contributed by atoms with Crippen molar-refractivity contribution in [1.29, 1.82) is 0 Å². The van der Waals surface area contributed by atoms with Crippen molar-refractivity contribution in [2.24, 2.45) is 10.7 Å². The number of hydrogen-bond donors (Lipinski definition) is 2. The maximum Gasteiger partial charge on any atom is 0.573 e. The van der Waals surface area contributed by atoms with Gasteiger partial charge < -0.3 is 19.9 Å². The number of ether oxygens (including phenoxy) is 3. The van der Waals surface area contributed by atoms with Crippen LogP contribution in [-0.2, 0) is 0 Å². The molecule has 2 aromatic carbocycles. The van der Waals surface area contributed by atoms with E-state index in [-0.39, 0.29) is 11.7 Å². The molecule has 0 aliphatic carbocycles. The Morgan fingerprint density at radius 2 is 1.80 bits per heavy atom. The van der Waals surface area contributed by atoms with Crippen LogP contribution < -0.4 is 25.3 Å². The highest BCUT2D eigenvalue weighted by molar-refractivity contribution is 5.95. The number of hydrogen-bond acceptors (Lipinski definition) is 7. The molecule has 156 valence electrons. The fraction of sp³-hybridized carbons (Fsp3) is 0.263. The molecule has 1 atom stereocenters.